The van der Waals surface area contributed by atoms with E-state index in [1.165, 1.54) is 4.88 Å². The molecule has 110 valence electrons. The molecule has 6 heteroatoms. The van der Waals surface area contributed by atoms with Gasteiger partial charge in [-0.2, -0.15) is 0 Å². The van der Waals surface area contributed by atoms with Gasteiger partial charge in [0, 0.05) is 53.0 Å². The van der Waals surface area contributed by atoms with Crippen molar-refractivity contribution in [3.05, 3.63) is 11.1 Å². The van der Waals surface area contributed by atoms with Gasteiger partial charge >= 0.3 is 0 Å². The van der Waals surface area contributed by atoms with E-state index in [2.05, 4.69) is 29.0 Å². The van der Waals surface area contributed by atoms with Crippen LogP contribution in [0.2, 0.25) is 0 Å². The molecule has 1 rings (SSSR count). The third kappa shape index (κ3) is 5.58. The van der Waals surface area contributed by atoms with Gasteiger partial charge in [-0.25, -0.2) is 4.98 Å². The van der Waals surface area contributed by atoms with Gasteiger partial charge in [-0.3, -0.25) is 4.21 Å². The molecule has 0 radical (unpaired) electrons. The fourth-order valence-corrected chi connectivity index (χ4v) is 3.16. The summed E-state index contributed by atoms with van der Waals surface area (Å²) in [5.74, 6) is 0. The van der Waals surface area contributed by atoms with E-state index in [4.69, 9.17) is 0 Å². The van der Waals surface area contributed by atoms with E-state index in [1.54, 1.807) is 17.6 Å². The first-order valence-corrected chi connectivity index (χ1v) is 9.24. The predicted molar refractivity (Wildman–Crippen MR) is 85.5 cm³/mol. The molecule has 0 aliphatic carbocycles. The van der Waals surface area contributed by atoms with Crippen LogP contribution in [0.3, 0.4) is 0 Å². The summed E-state index contributed by atoms with van der Waals surface area (Å²) in [5.41, 5.74) is 0. The second-order valence-electron chi connectivity index (χ2n) is 4.56. The van der Waals surface area contributed by atoms with Gasteiger partial charge in [-0.15, -0.1) is 11.3 Å². The molecule has 4 nitrogen and oxygen atoms in total. The molecular formula is C13H25N3OS2. The first-order chi connectivity index (χ1) is 9.08. The number of nitrogens with one attached hydrogen (secondary N) is 1. The van der Waals surface area contributed by atoms with E-state index in [1.807, 2.05) is 13.1 Å². The largest absolute Gasteiger partial charge is 0.349 e. The average molecular weight is 303 g/mol. The Morgan fingerprint density at radius 1 is 1.47 bits per heavy atom. The van der Waals surface area contributed by atoms with Crippen LogP contribution in [0.5, 0.6) is 0 Å². The minimum Gasteiger partial charge on any atom is -0.349 e. The topological polar surface area (TPSA) is 45.2 Å². The van der Waals surface area contributed by atoms with Crippen molar-refractivity contribution < 1.29 is 4.21 Å². The SMILES string of the molecule is CCN(CC)c1ncc(CNCCC(C)S(C)=O)s1. The molecule has 1 aromatic heterocycles. The number of anilines is 1. The second kappa shape index (κ2) is 8.66. The van der Waals surface area contributed by atoms with Crippen LogP contribution in [0.4, 0.5) is 5.13 Å². The molecule has 2 unspecified atom stereocenters. The molecule has 1 N–H and O–H groups in total. The molecule has 0 spiro atoms. The Hall–Kier alpha value is -0.460. The molecule has 1 heterocycles. The number of aromatic nitrogens is 1. The quantitative estimate of drug-likeness (QED) is 0.711. The number of hydrogen-bond donors (Lipinski definition) is 1. The lowest BCUT2D eigenvalue weighted by Crippen LogP contribution is -2.21. The van der Waals surface area contributed by atoms with E-state index >= 15 is 0 Å². The Bertz CT molecular complexity index is 391. The summed E-state index contributed by atoms with van der Waals surface area (Å²) in [4.78, 5) is 7.97. The fourth-order valence-electron chi connectivity index (χ4n) is 1.70. The highest BCUT2D eigenvalue weighted by atomic mass is 32.2. The molecule has 1 aromatic rings. The van der Waals surface area contributed by atoms with Crippen LogP contribution in [-0.4, -0.2) is 40.3 Å². The summed E-state index contributed by atoms with van der Waals surface area (Å²) in [6, 6.07) is 0. The normalized spacial score (nSPS) is 14.3. The van der Waals surface area contributed by atoms with E-state index in [0.29, 0.717) is 0 Å². The lowest BCUT2D eigenvalue weighted by Gasteiger charge is -2.16. The van der Waals surface area contributed by atoms with Crippen LogP contribution in [0, 0.1) is 0 Å². The zero-order chi connectivity index (χ0) is 14.3. The van der Waals surface area contributed by atoms with E-state index < -0.39 is 10.8 Å². The molecule has 0 aliphatic heterocycles. The zero-order valence-electron chi connectivity index (χ0n) is 12.3. The Morgan fingerprint density at radius 2 is 2.16 bits per heavy atom. The molecular weight excluding hydrogens is 278 g/mol. The fraction of sp³-hybridized carbons (Fsp3) is 0.769. The monoisotopic (exact) mass is 303 g/mol. The van der Waals surface area contributed by atoms with Crippen molar-refractivity contribution in [2.24, 2.45) is 0 Å². The molecule has 0 aliphatic rings. The Labute approximate surface area is 123 Å². The number of hydrogen-bond acceptors (Lipinski definition) is 5. The maximum atomic E-state index is 11.2. The van der Waals surface area contributed by atoms with Crippen LogP contribution in [0.15, 0.2) is 6.20 Å². The van der Waals surface area contributed by atoms with Gasteiger partial charge in [-0.05, 0) is 26.8 Å². The third-order valence-electron chi connectivity index (χ3n) is 3.17. The van der Waals surface area contributed by atoms with Crippen LogP contribution in [0.1, 0.15) is 32.1 Å². The Balaban J connectivity index is 2.32. The van der Waals surface area contributed by atoms with E-state index in [0.717, 1.165) is 37.7 Å². The molecule has 2 atom stereocenters. The average Bonchev–Trinajstić information content (AvgIpc) is 2.84. The van der Waals surface area contributed by atoms with Crippen LogP contribution < -0.4 is 10.2 Å². The van der Waals surface area contributed by atoms with E-state index in [-0.39, 0.29) is 5.25 Å². The zero-order valence-corrected chi connectivity index (χ0v) is 13.9. The number of nitrogens with zero attached hydrogens (tertiary/aromatic N) is 2. The Morgan fingerprint density at radius 3 is 2.74 bits per heavy atom. The van der Waals surface area contributed by atoms with Gasteiger partial charge in [0.15, 0.2) is 5.13 Å². The van der Waals surface area contributed by atoms with Crippen molar-refractivity contribution in [2.45, 2.75) is 39.0 Å². The summed E-state index contributed by atoms with van der Waals surface area (Å²) in [6.07, 6.45) is 4.67. The maximum absolute atomic E-state index is 11.2. The van der Waals surface area contributed by atoms with Gasteiger partial charge < -0.3 is 10.2 Å². The molecule has 0 fully saturated rings. The van der Waals surface area contributed by atoms with Gasteiger partial charge in [-0.1, -0.05) is 6.92 Å². The molecule has 19 heavy (non-hydrogen) atoms. The van der Waals surface area contributed by atoms with Crippen molar-refractivity contribution in [1.29, 1.82) is 0 Å². The highest BCUT2D eigenvalue weighted by Crippen LogP contribution is 2.21. The second-order valence-corrected chi connectivity index (χ2v) is 7.45. The summed E-state index contributed by atoms with van der Waals surface area (Å²) in [5, 5.41) is 4.76. The number of rotatable bonds is 9. The van der Waals surface area contributed by atoms with Gasteiger partial charge in [0.05, 0.1) is 0 Å². The standard InChI is InChI=1S/C13H25N3OS2/c1-5-16(6-2)13-15-10-12(18-13)9-14-8-7-11(3)19(4)17/h10-11,14H,5-9H2,1-4H3. The summed E-state index contributed by atoms with van der Waals surface area (Å²) < 4.78 is 11.2. The van der Waals surface area contributed by atoms with Crippen molar-refractivity contribution in [1.82, 2.24) is 10.3 Å². The van der Waals surface area contributed by atoms with Crippen LogP contribution in [-0.2, 0) is 17.3 Å². The summed E-state index contributed by atoms with van der Waals surface area (Å²) >= 11 is 1.75. The minimum atomic E-state index is -0.719. The molecule has 0 saturated carbocycles. The molecule has 0 aromatic carbocycles. The molecule has 0 amide bonds. The third-order valence-corrected chi connectivity index (χ3v) is 5.60. The van der Waals surface area contributed by atoms with E-state index in [9.17, 15) is 4.21 Å². The summed E-state index contributed by atoms with van der Waals surface area (Å²) in [6.45, 7) is 10.1. The highest BCUT2D eigenvalue weighted by Gasteiger charge is 2.08. The lowest BCUT2D eigenvalue weighted by atomic mass is 10.3. The molecule has 0 saturated heterocycles. The predicted octanol–water partition coefficient (Wildman–Crippen LogP) is 2.24. The number of thiazole rings is 1. The van der Waals surface area contributed by atoms with Crippen molar-refractivity contribution >= 4 is 27.3 Å². The maximum Gasteiger partial charge on any atom is 0.185 e. The summed E-state index contributed by atoms with van der Waals surface area (Å²) in [7, 11) is -0.719. The van der Waals surface area contributed by atoms with Crippen LogP contribution >= 0.6 is 11.3 Å². The Kier molecular flexibility index (Phi) is 7.56. The van der Waals surface area contributed by atoms with Crippen molar-refractivity contribution in [3.63, 3.8) is 0 Å². The van der Waals surface area contributed by atoms with Gasteiger partial charge in [0.2, 0.25) is 0 Å². The molecule has 0 bridgehead atoms. The highest BCUT2D eigenvalue weighted by molar-refractivity contribution is 7.84. The van der Waals surface area contributed by atoms with Gasteiger partial charge in [0.25, 0.3) is 0 Å². The van der Waals surface area contributed by atoms with Gasteiger partial charge in [0.1, 0.15) is 0 Å². The van der Waals surface area contributed by atoms with Crippen LogP contribution in [0.25, 0.3) is 0 Å². The first kappa shape index (κ1) is 16.6. The lowest BCUT2D eigenvalue weighted by molar-refractivity contribution is 0.631. The van der Waals surface area contributed by atoms with Crippen molar-refractivity contribution in [3.8, 4) is 0 Å². The first-order valence-electron chi connectivity index (χ1n) is 6.81. The smallest absolute Gasteiger partial charge is 0.185 e. The van der Waals surface area contributed by atoms with Crippen molar-refractivity contribution in [2.75, 3.05) is 30.8 Å². The minimum absolute atomic E-state index is 0.264.